The van der Waals surface area contributed by atoms with Crippen molar-refractivity contribution in [3.63, 3.8) is 0 Å². The van der Waals surface area contributed by atoms with E-state index >= 15 is 0 Å². The monoisotopic (exact) mass is 762 g/mol. The summed E-state index contributed by atoms with van der Waals surface area (Å²) in [5, 5.41) is 5.53. The number of ether oxygens (including phenoxy) is 2. The Balaban J connectivity index is 1.47. The molecule has 4 aromatic rings. The van der Waals surface area contributed by atoms with Crippen molar-refractivity contribution < 1.29 is 28.7 Å². The molecule has 0 saturated heterocycles. The second-order valence-corrected chi connectivity index (χ2v) is 16.3. The molecule has 3 aromatic carbocycles. The third-order valence-corrected chi connectivity index (χ3v) is 9.14. The van der Waals surface area contributed by atoms with E-state index in [1.165, 1.54) is 32.6 Å². The standard InChI is InChI=1S/C46H58N4O6/c1-9-10-11-12-13-26-55-38-24-20-33(21-25-38)36-29-47-41(48-30-36)34-16-14-32(15-17-34)28-39(49-42(52)35-18-22-37(23-19-35)45(3,4)5)43(53)50-40(27-31(2)51)44(54)56-46(6,7)8/h14-25,29-30,39-40H,9-13,26-28H2,1-8H3,(H,49,52)(H,50,53)/t39-,40-/m0/s1. The number of aromatic nitrogens is 2. The average molecular weight is 763 g/mol. The Kier molecular flexibility index (Phi) is 15.5. The van der Waals surface area contributed by atoms with Gasteiger partial charge in [0.05, 0.1) is 6.61 Å². The zero-order chi connectivity index (χ0) is 40.9. The Bertz CT molecular complexity index is 1890. The van der Waals surface area contributed by atoms with Gasteiger partial charge in [-0.15, -0.1) is 0 Å². The molecule has 0 aliphatic carbocycles. The Morgan fingerprint density at radius 2 is 1.30 bits per heavy atom. The van der Waals surface area contributed by atoms with Gasteiger partial charge in [0.25, 0.3) is 5.91 Å². The van der Waals surface area contributed by atoms with E-state index in [4.69, 9.17) is 9.47 Å². The van der Waals surface area contributed by atoms with Gasteiger partial charge in [0.1, 0.15) is 29.2 Å². The SMILES string of the molecule is CCCCCCCOc1ccc(-c2cnc(-c3ccc(C[C@H](NC(=O)c4ccc(C(C)(C)C)cc4)C(=O)N[C@@H](CC(C)=O)C(=O)OC(C)(C)C)cc3)nc2)cc1. The first kappa shape index (κ1) is 43.3. The van der Waals surface area contributed by atoms with Gasteiger partial charge in [0.15, 0.2) is 5.82 Å². The van der Waals surface area contributed by atoms with E-state index in [0.29, 0.717) is 18.0 Å². The van der Waals surface area contributed by atoms with Crippen LogP contribution in [0.4, 0.5) is 0 Å². The van der Waals surface area contributed by atoms with Crippen LogP contribution in [-0.2, 0) is 31.0 Å². The number of hydrogen-bond acceptors (Lipinski definition) is 8. The predicted octanol–water partition coefficient (Wildman–Crippen LogP) is 8.60. The number of rotatable bonds is 18. The molecule has 1 aromatic heterocycles. The number of amides is 2. The fraction of sp³-hybridized carbons (Fsp3) is 0.435. The first-order valence-electron chi connectivity index (χ1n) is 19.6. The van der Waals surface area contributed by atoms with Crippen molar-refractivity contribution in [1.82, 2.24) is 20.6 Å². The molecule has 10 nitrogen and oxygen atoms in total. The zero-order valence-electron chi connectivity index (χ0n) is 34.2. The van der Waals surface area contributed by atoms with Gasteiger partial charge in [-0.1, -0.05) is 102 Å². The minimum Gasteiger partial charge on any atom is -0.494 e. The summed E-state index contributed by atoms with van der Waals surface area (Å²) in [4.78, 5) is 61.7. The van der Waals surface area contributed by atoms with Crippen molar-refractivity contribution in [1.29, 1.82) is 0 Å². The molecule has 0 bridgehead atoms. The lowest BCUT2D eigenvalue weighted by Crippen LogP contribution is -2.53. The van der Waals surface area contributed by atoms with Crippen LogP contribution in [-0.4, -0.2) is 57.8 Å². The van der Waals surface area contributed by atoms with E-state index in [1.807, 2.05) is 60.7 Å². The van der Waals surface area contributed by atoms with Crippen LogP contribution in [0, 0.1) is 0 Å². The molecule has 0 aliphatic heterocycles. The van der Waals surface area contributed by atoms with E-state index in [0.717, 1.165) is 40.0 Å². The summed E-state index contributed by atoms with van der Waals surface area (Å²) in [6, 6.07) is 20.3. The topological polar surface area (TPSA) is 137 Å². The highest BCUT2D eigenvalue weighted by Crippen LogP contribution is 2.25. The summed E-state index contributed by atoms with van der Waals surface area (Å²) in [7, 11) is 0. The maximum absolute atomic E-state index is 13.8. The molecule has 0 unspecified atom stereocenters. The number of esters is 1. The van der Waals surface area contributed by atoms with E-state index in [1.54, 1.807) is 45.3 Å². The van der Waals surface area contributed by atoms with Crippen LogP contribution in [0.25, 0.3) is 22.5 Å². The van der Waals surface area contributed by atoms with E-state index < -0.39 is 35.5 Å². The fourth-order valence-corrected chi connectivity index (χ4v) is 5.99. The lowest BCUT2D eigenvalue weighted by atomic mass is 9.86. The summed E-state index contributed by atoms with van der Waals surface area (Å²) in [6.45, 7) is 15.7. The number of carbonyl (C=O) groups excluding carboxylic acids is 4. The average Bonchev–Trinajstić information content (AvgIpc) is 3.15. The molecule has 0 fully saturated rings. The largest absolute Gasteiger partial charge is 0.494 e. The number of carbonyl (C=O) groups is 4. The highest BCUT2D eigenvalue weighted by molar-refractivity contribution is 5.98. The molecule has 2 N–H and O–H groups in total. The van der Waals surface area contributed by atoms with Gasteiger partial charge in [0, 0.05) is 41.9 Å². The van der Waals surface area contributed by atoms with Crippen LogP contribution in [0.2, 0.25) is 0 Å². The summed E-state index contributed by atoms with van der Waals surface area (Å²) < 4.78 is 11.4. The van der Waals surface area contributed by atoms with Crippen molar-refractivity contribution in [2.24, 2.45) is 0 Å². The Morgan fingerprint density at radius 1 is 0.696 bits per heavy atom. The van der Waals surface area contributed by atoms with Crippen molar-refractivity contribution in [2.75, 3.05) is 6.61 Å². The maximum Gasteiger partial charge on any atom is 0.329 e. The summed E-state index contributed by atoms with van der Waals surface area (Å²) in [5.74, 6) is -0.710. The van der Waals surface area contributed by atoms with E-state index in [9.17, 15) is 19.2 Å². The Morgan fingerprint density at radius 3 is 1.88 bits per heavy atom. The van der Waals surface area contributed by atoms with E-state index in [2.05, 4.69) is 48.3 Å². The second kappa shape index (κ2) is 20.0. The minimum atomic E-state index is -1.22. The molecular formula is C46H58N4O6. The molecule has 0 radical (unpaired) electrons. The molecular weight excluding hydrogens is 705 g/mol. The Hall–Kier alpha value is -5.38. The van der Waals surface area contributed by atoms with Gasteiger partial charge >= 0.3 is 5.97 Å². The maximum atomic E-state index is 13.8. The van der Waals surface area contributed by atoms with Gasteiger partial charge < -0.3 is 20.1 Å². The lowest BCUT2D eigenvalue weighted by molar-refractivity contribution is -0.159. The number of hydrogen-bond donors (Lipinski definition) is 2. The van der Waals surface area contributed by atoms with E-state index in [-0.39, 0.29) is 24.0 Å². The quantitative estimate of drug-likeness (QED) is 0.0760. The molecule has 298 valence electrons. The number of nitrogens with one attached hydrogen (secondary N) is 2. The molecule has 1 heterocycles. The fourth-order valence-electron chi connectivity index (χ4n) is 5.99. The van der Waals surface area contributed by atoms with Gasteiger partial charge in [-0.25, -0.2) is 14.8 Å². The van der Waals surface area contributed by atoms with Crippen LogP contribution < -0.4 is 15.4 Å². The number of ketones is 1. The molecule has 0 saturated carbocycles. The number of nitrogens with zero attached hydrogens (tertiary/aromatic N) is 2. The molecule has 2 amide bonds. The zero-order valence-corrected chi connectivity index (χ0v) is 34.2. The van der Waals surface area contributed by atoms with Crippen molar-refractivity contribution in [2.45, 2.75) is 123 Å². The van der Waals surface area contributed by atoms with Crippen LogP contribution in [0.15, 0.2) is 85.2 Å². The van der Waals surface area contributed by atoms with Crippen LogP contribution in [0.1, 0.15) is 115 Å². The van der Waals surface area contributed by atoms with Gasteiger partial charge in [-0.2, -0.15) is 0 Å². The highest BCUT2D eigenvalue weighted by Gasteiger charge is 2.31. The molecule has 10 heteroatoms. The normalized spacial score (nSPS) is 12.6. The number of benzene rings is 3. The van der Waals surface area contributed by atoms with Crippen LogP contribution in [0.3, 0.4) is 0 Å². The van der Waals surface area contributed by atoms with Crippen molar-refractivity contribution in [3.8, 4) is 28.3 Å². The van der Waals surface area contributed by atoms with Gasteiger partial charge in [0.2, 0.25) is 5.91 Å². The van der Waals surface area contributed by atoms with Crippen molar-refractivity contribution in [3.05, 3.63) is 102 Å². The summed E-state index contributed by atoms with van der Waals surface area (Å²) in [5.41, 5.74) is 3.91. The smallest absolute Gasteiger partial charge is 0.329 e. The highest BCUT2D eigenvalue weighted by atomic mass is 16.6. The second-order valence-electron chi connectivity index (χ2n) is 16.3. The summed E-state index contributed by atoms with van der Waals surface area (Å²) in [6.07, 6.45) is 9.40. The molecule has 0 aliphatic rings. The first-order chi connectivity index (χ1) is 26.5. The predicted molar refractivity (Wildman–Crippen MR) is 220 cm³/mol. The number of unbranched alkanes of at least 4 members (excludes halogenated alkanes) is 4. The van der Waals surface area contributed by atoms with Crippen molar-refractivity contribution >= 4 is 23.6 Å². The van der Waals surface area contributed by atoms with Gasteiger partial charge in [-0.05, 0) is 80.5 Å². The molecule has 0 spiro atoms. The first-order valence-corrected chi connectivity index (χ1v) is 19.6. The third kappa shape index (κ3) is 13.7. The lowest BCUT2D eigenvalue weighted by Gasteiger charge is -2.26. The Labute approximate surface area is 332 Å². The summed E-state index contributed by atoms with van der Waals surface area (Å²) >= 11 is 0. The molecule has 4 rings (SSSR count). The number of Topliss-reactive ketones (excluding diaryl/α,β-unsaturated/α-hetero) is 1. The van der Waals surface area contributed by atoms with Gasteiger partial charge in [-0.3, -0.25) is 14.4 Å². The third-order valence-electron chi connectivity index (χ3n) is 9.14. The minimum absolute atomic E-state index is 0.0984. The van der Waals surface area contributed by atoms with Crippen LogP contribution >= 0.6 is 0 Å². The molecule has 56 heavy (non-hydrogen) atoms. The molecule has 2 atom stereocenters. The van der Waals surface area contributed by atoms with Crippen LogP contribution in [0.5, 0.6) is 5.75 Å².